The molecule has 0 unspecified atom stereocenters. The second kappa shape index (κ2) is 4.90. The molecule has 0 spiro atoms. The van der Waals surface area contributed by atoms with E-state index in [1.54, 1.807) is 0 Å². The zero-order valence-electron chi connectivity index (χ0n) is 11.6. The van der Waals surface area contributed by atoms with Gasteiger partial charge in [-0.1, -0.05) is 0 Å². The van der Waals surface area contributed by atoms with Gasteiger partial charge in [0.15, 0.2) is 0 Å². The van der Waals surface area contributed by atoms with Crippen LogP contribution in [-0.2, 0) is 7.05 Å². The molecule has 0 saturated heterocycles. The smallest absolute Gasteiger partial charge is 0.133 e. The van der Waals surface area contributed by atoms with Gasteiger partial charge < -0.3 is 9.47 Å². The van der Waals surface area contributed by atoms with Crippen molar-refractivity contribution < 1.29 is 0 Å². The lowest BCUT2D eigenvalue weighted by Crippen LogP contribution is -2.11. The summed E-state index contributed by atoms with van der Waals surface area (Å²) in [5, 5.41) is 0. The first kappa shape index (κ1) is 13.1. The minimum Gasteiger partial charge on any atom is -0.334 e. The van der Waals surface area contributed by atoms with Gasteiger partial charge in [0.25, 0.3) is 0 Å². The Hall–Kier alpha value is -1.88. The predicted octanol–water partition coefficient (Wildman–Crippen LogP) is 3.81. The normalized spacial score (nSPS) is 11.0. The first-order chi connectivity index (χ1) is 9.56. The Morgan fingerprint density at radius 3 is 2.75 bits per heavy atom. The van der Waals surface area contributed by atoms with E-state index in [2.05, 4.69) is 49.0 Å². The van der Waals surface area contributed by atoms with Crippen LogP contribution in [0.2, 0.25) is 0 Å². The molecular weight excluding hydrogens is 316 g/mol. The highest BCUT2D eigenvalue weighted by atomic mass is 79.9. The number of pyridine rings is 1. The number of benzene rings is 1. The number of imidazole rings is 1. The van der Waals surface area contributed by atoms with Crippen molar-refractivity contribution in [2.24, 2.45) is 7.05 Å². The third kappa shape index (κ3) is 2.18. The molecule has 0 N–H and O–H groups in total. The van der Waals surface area contributed by atoms with Crippen molar-refractivity contribution >= 4 is 38.5 Å². The second-order valence-corrected chi connectivity index (χ2v) is 5.68. The standard InChI is InChI=1S/C15H15BrN4/c1-10-12(16)5-7-15(18-10)20(3)11-4-6-14-13(8-11)17-9-19(14)2/h4-9H,1-3H3. The molecule has 0 amide bonds. The molecule has 2 heterocycles. The maximum Gasteiger partial charge on any atom is 0.133 e. The number of aromatic nitrogens is 3. The van der Waals surface area contributed by atoms with Crippen molar-refractivity contribution in [3.63, 3.8) is 0 Å². The van der Waals surface area contributed by atoms with Crippen LogP contribution in [-0.4, -0.2) is 21.6 Å². The van der Waals surface area contributed by atoms with Crippen LogP contribution in [0.5, 0.6) is 0 Å². The third-order valence-electron chi connectivity index (χ3n) is 3.45. The van der Waals surface area contributed by atoms with Crippen LogP contribution in [0.3, 0.4) is 0 Å². The molecule has 0 aliphatic carbocycles. The summed E-state index contributed by atoms with van der Waals surface area (Å²) in [7, 11) is 4.01. The van der Waals surface area contributed by atoms with Crippen molar-refractivity contribution in [2.75, 3.05) is 11.9 Å². The topological polar surface area (TPSA) is 34.0 Å². The lowest BCUT2D eigenvalue weighted by atomic mass is 10.2. The molecule has 4 nitrogen and oxygen atoms in total. The van der Waals surface area contributed by atoms with Crippen LogP contribution >= 0.6 is 15.9 Å². The lowest BCUT2D eigenvalue weighted by Gasteiger charge is -2.19. The number of fused-ring (bicyclic) bond motifs is 1. The monoisotopic (exact) mass is 330 g/mol. The fraction of sp³-hybridized carbons (Fsp3) is 0.200. The van der Waals surface area contributed by atoms with Crippen LogP contribution in [0, 0.1) is 6.92 Å². The highest BCUT2D eigenvalue weighted by molar-refractivity contribution is 9.10. The summed E-state index contributed by atoms with van der Waals surface area (Å²) in [4.78, 5) is 11.0. The number of nitrogens with zero attached hydrogens (tertiary/aromatic N) is 4. The molecule has 0 radical (unpaired) electrons. The van der Waals surface area contributed by atoms with Crippen molar-refractivity contribution in [1.82, 2.24) is 14.5 Å². The Bertz CT molecular complexity index is 779. The third-order valence-corrected chi connectivity index (χ3v) is 4.28. The van der Waals surface area contributed by atoms with Gasteiger partial charge in [-0.05, 0) is 53.2 Å². The average molecular weight is 331 g/mol. The van der Waals surface area contributed by atoms with Gasteiger partial charge in [-0.15, -0.1) is 0 Å². The average Bonchev–Trinajstić information content (AvgIpc) is 2.82. The molecule has 0 fully saturated rings. The van der Waals surface area contributed by atoms with Crippen LogP contribution in [0.25, 0.3) is 11.0 Å². The highest BCUT2D eigenvalue weighted by Crippen LogP contribution is 2.27. The Morgan fingerprint density at radius 1 is 1.20 bits per heavy atom. The maximum atomic E-state index is 4.59. The van der Waals surface area contributed by atoms with Crippen molar-refractivity contribution in [3.8, 4) is 0 Å². The van der Waals surface area contributed by atoms with Crippen molar-refractivity contribution in [1.29, 1.82) is 0 Å². The van der Waals surface area contributed by atoms with Gasteiger partial charge in [-0.2, -0.15) is 0 Å². The molecule has 102 valence electrons. The van der Waals surface area contributed by atoms with E-state index in [1.165, 1.54) is 0 Å². The highest BCUT2D eigenvalue weighted by Gasteiger charge is 2.09. The SMILES string of the molecule is Cc1nc(N(C)c2ccc3c(c2)ncn3C)ccc1Br. The van der Waals surface area contributed by atoms with Gasteiger partial charge in [0, 0.05) is 24.3 Å². The molecule has 1 aromatic carbocycles. The van der Waals surface area contributed by atoms with Gasteiger partial charge in [-0.25, -0.2) is 9.97 Å². The Morgan fingerprint density at radius 2 is 2.00 bits per heavy atom. The summed E-state index contributed by atoms with van der Waals surface area (Å²) >= 11 is 3.48. The van der Waals surface area contributed by atoms with E-state index < -0.39 is 0 Å². The largest absolute Gasteiger partial charge is 0.334 e. The number of halogens is 1. The zero-order chi connectivity index (χ0) is 14.3. The summed E-state index contributed by atoms with van der Waals surface area (Å²) in [6.07, 6.45) is 1.83. The fourth-order valence-electron chi connectivity index (χ4n) is 2.18. The second-order valence-electron chi connectivity index (χ2n) is 4.82. The van der Waals surface area contributed by atoms with Gasteiger partial charge in [0.05, 0.1) is 23.1 Å². The van der Waals surface area contributed by atoms with Crippen LogP contribution in [0.1, 0.15) is 5.69 Å². The molecule has 0 aliphatic rings. The molecule has 20 heavy (non-hydrogen) atoms. The Labute approximate surface area is 126 Å². The Balaban J connectivity index is 2.02. The summed E-state index contributed by atoms with van der Waals surface area (Å²) in [6, 6.07) is 10.3. The molecule has 0 atom stereocenters. The van der Waals surface area contributed by atoms with E-state index in [9.17, 15) is 0 Å². The number of aryl methyl sites for hydroxylation is 2. The molecular formula is C15H15BrN4. The van der Waals surface area contributed by atoms with Crippen LogP contribution < -0.4 is 4.90 Å². The van der Waals surface area contributed by atoms with Gasteiger partial charge >= 0.3 is 0 Å². The predicted molar refractivity (Wildman–Crippen MR) is 85.5 cm³/mol. The first-order valence-electron chi connectivity index (χ1n) is 6.34. The Kier molecular flexibility index (Phi) is 3.22. The van der Waals surface area contributed by atoms with Gasteiger partial charge in [-0.3, -0.25) is 0 Å². The minimum absolute atomic E-state index is 0.918. The summed E-state index contributed by atoms with van der Waals surface area (Å²) in [6.45, 7) is 1.99. The molecule has 2 aromatic heterocycles. The molecule has 5 heteroatoms. The number of rotatable bonds is 2. The number of hydrogen-bond acceptors (Lipinski definition) is 3. The van der Waals surface area contributed by atoms with Crippen LogP contribution in [0.15, 0.2) is 41.1 Å². The summed E-state index contributed by atoms with van der Waals surface area (Å²) < 4.78 is 3.04. The van der Waals surface area contributed by atoms with E-state index in [-0.39, 0.29) is 0 Å². The van der Waals surface area contributed by atoms with Crippen molar-refractivity contribution in [3.05, 3.63) is 46.8 Å². The number of hydrogen-bond donors (Lipinski definition) is 0. The molecule has 0 saturated carbocycles. The summed E-state index contributed by atoms with van der Waals surface area (Å²) in [5.41, 5.74) is 4.17. The molecule has 3 aromatic rings. The lowest BCUT2D eigenvalue weighted by molar-refractivity contribution is 0.947. The van der Waals surface area contributed by atoms with E-state index in [1.807, 2.05) is 44.0 Å². The van der Waals surface area contributed by atoms with E-state index in [4.69, 9.17) is 0 Å². The molecule has 0 bridgehead atoms. The zero-order valence-corrected chi connectivity index (χ0v) is 13.2. The van der Waals surface area contributed by atoms with E-state index in [0.717, 1.165) is 32.7 Å². The van der Waals surface area contributed by atoms with Gasteiger partial charge in [0.2, 0.25) is 0 Å². The van der Waals surface area contributed by atoms with Crippen molar-refractivity contribution in [2.45, 2.75) is 6.92 Å². The maximum absolute atomic E-state index is 4.59. The quantitative estimate of drug-likeness (QED) is 0.716. The molecule has 3 rings (SSSR count). The fourth-order valence-corrected chi connectivity index (χ4v) is 2.40. The van der Waals surface area contributed by atoms with E-state index in [0.29, 0.717) is 0 Å². The van der Waals surface area contributed by atoms with E-state index >= 15 is 0 Å². The minimum atomic E-state index is 0.918. The first-order valence-corrected chi connectivity index (χ1v) is 7.13. The van der Waals surface area contributed by atoms with Gasteiger partial charge in [0.1, 0.15) is 5.82 Å². The van der Waals surface area contributed by atoms with Crippen LogP contribution in [0.4, 0.5) is 11.5 Å². The summed E-state index contributed by atoms with van der Waals surface area (Å²) in [5.74, 6) is 0.918. The molecule has 0 aliphatic heterocycles. The number of anilines is 2.